The zero-order valence-corrected chi connectivity index (χ0v) is 20.1. The maximum Gasteiger partial charge on any atom is 0.338 e. The summed E-state index contributed by atoms with van der Waals surface area (Å²) >= 11 is 0. The molecule has 1 aliphatic heterocycles. The summed E-state index contributed by atoms with van der Waals surface area (Å²) in [7, 11) is 3.99. The molecular weight excluding hydrogens is 428 g/mol. The molecule has 1 fully saturated rings. The van der Waals surface area contributed by atoms with E-state index in [1.165, 1.54) is 6.07 Å². The average Bonchev–Trinajstić information content (AvgIpc) is 2.76. The molecule has 0 atom stereocenters. The molecule has 0 aromatic heterocycles. The van der Waals surface area contributed by atoms with Crippen LogP contribution in [0.25, 0.3) is 0 Å². The summed E-state index contributed by atoms with van der Waals surface area (Å²) in [5, 5.41) is 14.3. The molecule has 0 saturated carbocycles. The standard InChI is InChI=1S/C23H34N4O6/c1-6-33-22(30)18-11-17(12-19(13-18)27(31)32)21(29)26-9-7-16(8-10-26)20(28)24-14-23(2,3)15-25(4)5/h11-13,16H,6-10,14-15H2,1-5H3,(H,24,28). The molecule has 182 valence electrons. The van der Waals surface area contributed by atoms with E-state index in [9.17, 15) is 24.5 Å². The number of piperidine rings is 1. The molecule has 2 amide bonds. The molecule has 1 aliphatic rings. The summed E-state index contributed by atoms with van der Waals surface area (Å²) in [5.41, 5.74) is -0.391. The average molecular weight is 463 g/mol. The van der Waals surface area contributed by atoms with Gasteiger partial charge in [0.05, 0.1) is 17.1 Å². The van der Waals surface area contributed by atoms with Crippen molar-refractivity contribution in [3.8, 4) is 0 Å². The third-order valence-electron chi connectivity index (χ3n) is 5.53. The van der Waals surface area contributed by atoms with Crippen molar-refractivity contribution in [1.29, 1.82) is 0 Å². The Morgan fingerprint density at radius 1 is 1.18 bits per heavy atom. The lowest BCUT2D eigenvalue weighted by atomic mass is 9.91. The highest BCUT2D eigenvalue weighted by Crippen LogP contribution is 2.23. The number of carbonyl (C=O) groups is 3. The van der Waals surface area contributed by atoms with E-state index in [1.807, 2.05) is 14.1 Å². The van der Waals surface area contributed by atoms with Gasteiger partial charge in [-0.1, -0.05) is 13.8 Å². The van der Waals surface area contributed by atoms with E-state index in [2.05, 4.69) is 24.1 Å². The molecule has 10 heteroatoms. The van der Waals surface area contributed by atoms with E-state index in [1.54, 1.807) is 11.8 Å². The van der Waals surface area contributed by atoms with Gasteiger partial charge in [-0.25, -0.2) is 4.79 Å². The summed E-state index contributed by atoms with van der Waals surface area (Å²) in [5.74, 6) is -1.34. The van der Waals surface area contributed by atoms with Crippen molar-refractivity contribution in [1.82, 2.24) is 15.1 Å². The SMILES string of the molecule is CCOC(=O)c1cc(C(=O)N2CCC(C(=O)NCC(C)(C)CN(C)C)CC2)cc([N+](=O)[O-])c1. The first-order valence-corrected chi connectivity index (χ1v) is 11.1. The van der Waals surface area contributed by atoms with Crippen LogP contribution >= 0.6 is 0 Å². The first-order valence-electron chi connectivity index (χ1n) is 11.1. The van der Waals surface area contributed by atoms with Gasteiger partial charge in [0, 0.05) is 49.8 Å². The number of nitro benzene ring substituents is 1. The van der Waals surface area contributed by atoms with E-state index in [0.717, 1.165) is 18.7 Å². The fourth-order valence-corrected chi connectivity index (χ4v) is 4.08. The van der Waals surface area contributed by atoms with Gasteiger partial charge in [-0.3, -0.25) is 19.7 Å². The van der Waals surface area contributed by atoms with Crippen molar-refractivity contribution in [2.45, 2.75) is 33.6 Å². The van der Waals surface area contributed by atoms with Gasteiger partial charge in [0.2, 0.25) is 5.91 Å². The Labute approximate surface area is 194 Å². The fourth-order valence-electron chi connectivity index (χ4n) is 4.08. The van der Waals surface area contributed by atoms with E-state index in [0.29, 0.717) is 32.5 Å². The number of nitrogens with zero attached hydrogens (tertiary/aromatic N) is 3. The molecule has 1 aromatic rings. The van der Waals surface area contributed by atoms with Crippen LogP contribution in [0.5, 0.6) is 0 Å². The summed E-state index contributed by atoms with van der Waals surface area (Å²) < 4.78 is 4.92. The number of benzene rings is 1. The quantitative estimate of drug-likeness (QED) is 0.339. The van der Waals surface area contributed by atoms with Crippen molar-refractivity contribution in [2.75, 3.05) is 46.9 Å². The predicted molar refractivity (Wildman–Crippen MR) is 123 cm³/mol. The van der Waals surface area contributed by atoms with Crippen LogP contribution in [0.1, 0.15) is 54.3 Å². The molecule has 0 aliphatic carbocycles. The topological polar surface area (TPSA) is 122 Å². The molecule has 0 unspecified atom stereocenters. The van der Waals surface area contributed by atoms with Crippen LogP contribution in [0.3, 0.4) is 0 Å². The first-order chi connectivity index (χ1) is 15.4. The number of hydrogen-bond acceptors (Lipinski definition) is 7. The van der Waals surface area contributed by atoms with Crippen LogP contribution in [-0.2, 0) is 9.53 Å². The highest BCUT2D eigenvalue weighted by Gasteiger charge is 2.30. The second-order valence-electron chi connectivity index (χ2n) is 9.43. The van der Waals surface area contributed by atoms with Crippen LogP contribution in [-0.4, -0.2) is 79.4 Å². The summed E-state index contributed by atoms with van der Waals surface area (Å²) in [6.07, 6.45) is 1.01. The van der Waals surface area contributed by atoms with E-state index in [4.69, 9.17) is 4.74 Å². The summed E-state index contributed by atoms with van der Waals surface area (Å²) in [6.45, 7) is 8.06. The minimum absolute atomic E-state index is 0.0196. The van der Waals surface area contributed by atoms with E-state index < -0.39 is 16.8 Å². The van der Waals surface area contributed by atoms with Gasteiger partial charge in [-0.05, 0) is 45.3 Å². The van der Waals surface area contributed by atoms with Gasteiger partial charge in [0.15, 0.2) is 0 Å². The summed E-state index contributed by atoms with van der Waals surface area (Å²) in [6, 6.07) is 3.58. The van der Waals surface area contributed by atoms with Crippen molar-refractivity contribution >= 4 is 23.5 Å². The molecule has 1 aromatic carbocycles. The van der Waals surface area contributed by atoms with Gasteiger partial charge in [-0.2, -0.15) is 0 Å². The van der Waals surface area contributed by atoms with Crippen LogP contribution in [0, 0.1) is 21.4 Å². The van der Waals surface area contributed by atoms with Crippen LogP contribution in [0.15, 0.2) is 18.2 Å². The molecular formula is C23H34N4O6. The number of ether oxygens (including phenoxy) is 1. The Morgan fingerprint density at radius 3 is 2.33 bits per heavy atom. The highest BCUT2D eigenvalue weighted by molar-refractivity contribution is 5.99. The molecule has 0 radical (unpaired) electrons. The fraction of sp³-hybridized carbons (Fsp3) is 0.609. The first kappa shape index (κ1) is 26.2. The Morgan fingerprint density at radius 2 is 1.79 bits per heavy atom. The van der Waals surface area contributed by atoms with E-state index >= 15 is 0 Å². The molecule has 1 heterocycles. The van der Waals surface area contributed by atoms with Crippen LogP contribution in [0.2, 0.25) is 0 Å². The number of non-ortho nitro benzene ring substituents is 1. The largest absolute Gasteiger partial charge is 0.462 e. The van der Waals surface area contributed by atoms with Gasteiger partial charge >= 0.3 is 5.97 Å². The van der Waals surface area contributed by atoms with Gasteiger partial charge in [0.1, 0.15) is 0 Å². The third kappa shape index (κ3) is 7.52. The second kappa shape index (κ2) is 11.2. The molecule has 1 N–H and O–H groups in total. The normalized spacial score (nSPS) is 14.8. The Balaban J connectivity index is 2.01. The number of esters is 1. The Bertz CT molecular complexity index is 891. The summed E-state index contributed by atoms with van der Waals surface area (Å²) in [4.78, 5) is 52.0. The number of hydrogen-bond donors (Lipinski definition) is 1. The smallest absolute Gasteiger partial charge is 0.338 e. The molecule has 1 saturated heterocycles. The minimum atomic E-state index is -0.720. The maximum absolute atomic E-state index is 13.0. The van der Waals surface area contributed by atoms with Crippen LogP contribution < -0.4 is 5.32 Å². The number of amides is 2. The molecule has 0 bridgehead atoms. The zero-order chi connectivity index (χ0) is 24.8. The van der Waals surface area contributed by atoms with Crippen LogP contribution in [0.4, 0.5) is 5.69 Å². The number of nitrogens with one attached hydrogen (secondary N) is 1. The van der Waals surface area contributed by atoms with Crippen molar-refractivity contribution in [3.63, 3.8) is 0 Å². The molecule has 0 spiro atoms. The maximum atomic E-state index is 13.0. The lowest BCUT2D eigenvalue weighted by Crippen LogP contribution is -2.46. The number of nitro groups is 1. The third-order valence-corrected chi connectivity index (χ3v) is 5.53. The van der Waals surface area contributed by atoms with Crippen molar-refractivity contribution in [2.24, 2.45) is 11.3 Å². The molecule has 33 heavy (non-hydrogen) atoms. The lowest BCUT2D eigenvalue weighted by molar-refractivity contribution is -0.384. The van der Waals surface area contributed by atoms with Crippen molar-refractivity contribution < 1.29 is 24.0 Å². The van der Waals surface area contributed by atoms with Gasteiger partial charge < -0.3 is 19.9 Å². The predicted octanol–water partition coefficient (Wildman–Crippen LogP) is 2.33. The van der Waals surface area contributed by atoms with Gasteiger partial charge in [-0.15, -0.1) is 0 Å². The second-order valence-corrected chi connectivity index (χ2v) is 9.43. The van der Waals surface area contributed by atoms with E-state index in [-0.39, 0.29) is 40.7 Å². The zero-order valence-electron chi connectivity index (χ0n) is 20.1. The molecule has 10 nitrogen and oxygen atoms in total. The Hall–Kier alpha value is -3.01. The monoisotopic (exact) mass is 462 g/mol. The number of carbonyl (C=O) groups excluding carboxylic acids is 3. The lowest BCUT2D eigenvalue weighted by Gasteiger charge is -2.33. The van der Waals surface area contributed by atoms with Crippen molar-refractivity contribution in [3.05, 3.63) is 39.4 Å². The highest BCUT2D eigenvalue weighted by atomic mass is 16.6. The molecule has 2 rings (SSSR count). The van der Waals surface area contributed by atoms with Gasteiger partial charge in [0.25, 0.3) is 11.6 Å². The Kier molecular flexibility index (Phi) is 8.92. The minimum Gasteiger partial charge on any atom is -0.462 e. The number of likely N-dealkylation sites (tertiary alicyclic amines) is 1. The number of rotatable bonds is 9.